The largest absolute Gasteiger partial charge is 0.354 e. The minimum Gasteiger partial charge on any atom is -0.354 e. The van der Waals surface area contributed by atoms with Crippen LogP contribution in [0, 0.1) is 6.92 Å². The van der Waals surface area contributed by atoms with Crippen LogP contribution in [0.25, 0.3) is 10.8 Å². The van der Waals surface area contributed by atoms with Gasteiger partial charge in [0.1, 0.15) is 6.04 Å². The zero-order chi connectivity index (χ0) is 23.1. The molecule has 0 spiro atoms. The Morgan fingerprint density at radius 3 is 2.53 bits per heavy atom. The maximum atomic E-state index is 13.2. The van der Waals surface area contributed by atoms with Crippen LogP contribution in [-0.2, 0) is 21.2 Å². The monoisotopic (exact) mass is 473 g/mol. The van der Waals surface area contributed by atoms with E-state index in [0.29, 0.717) is 42.8 Å². The molecule has 0 aliphatic rings. The van der Waals surface area contributed by atoms with E-state index in [-0.39, 0.29) is 10.8 Å². The van der Waals surface area contributed by atoms with Crippen LogP contribution >= 0.6 is 11.6 Å². The molecule has 32 heavy (non-hydrogen) atoms. The van der Waals surface area contributed by atoms with Crippen molar-refractivity contribution in [1.29, 1.82) is 0 Å². The number of sulfonamides is 1. The lowest BCUT2D eigenvalue weighted by molar-refractivity contribution is -0.122. The first-order chi connectivity index (χ1) is 15.3. The summed E-state index contributed by atoms with van der Waals surface area (Å²) in [6.07, 6.45) is 1.41. The number of rotatable bonds is 10. The predicted molar refractivity (Wildman–Crippen MR) is 129 cm³/mol. The van der Waals surface area contributed by atoms with Gasteiger partial charge < -0.3 is 11.1 Å². The van der Waals surface area contributed by atoms with Gasteiger partial charge in [0.2, 0.25) is 15.9 Å². The van der Waals surface area contributed by atoms with Crippen LogP contribution < -0.4 is 15.8 Å². The summed E-state index contributed by atoms with van der Waals surface area (Å²) in [5.41, 5.74) is 7.58. The number of halogens is 1. The van der Waals surface area contributed by atoms with Gasteiger partial charge >= 0.3 is 0 Å². The van der Waals surface area contributed by atoms with Gasteiger partial charge in [0.25, 0.3) is 0 Å². The van der Waals surface area contributed by atoms with E-state index in [1.54, 1.807) is 30.3 Å². The molecule has 3 rings (SSSR count). The van der Waals surface area contributed by atoms with Gasteiger partial charge in [0.05, 0.1) is 4.90 Å². The third-order valence-electron chi connectivity index (χ3n) is 5.30. The number of benzene rings is 3. The zero-order valence-electron chi connectivity index (χ0n) is 18.0. The molecule has 0 unspecified atom stereocenters. The number of carbonyl (C=O) groups excluding carboxylic acids is 1. The molecule has 0 fully saturated rings. The molecule has 6 nitrogen and oxygen atoms in total. The highest BCUT2D eigenvalue weighted by Gasteiger charge is 2.26. The molecule has 0 heterocycles. The quantitative estimate of drug-likeness (QED) is 0.419. The fourth-order valence-corrected chi connectivity index (χ4v) is 5.27. The Hall–Kier alpha value is -2.45. The summed E-state index contributed by atoms with van der Waals surface area (Å²) in [5.74, 6) is -0.375. The topological polar surface area (TPSA) is 101 Å². The minimum absolute atomic E-state index is 0.156. The van der Waals surface area contributed by atoms with Crippen molar-refractivity contribution in [3.05, 3.63) is 76.8 Å². The highest BCUT2D eigenvalue weighted by atomic mass is 35.5. The van der Waals surface area contributed by atoms with Gasteiger partial charge in [-0.15, -0.1) is 0 Å². The SMILES string of the molecule is Cc1ccc(S(=O)(=O)N[C@@H](CCCN)C(=O)NCCc2cccc(Cl)c2)c2ccccc12. The Kier molecular flexibility index (Phi) is 8.26. The number of hydrogen-bond acceptors (Lipinski definition) is 4. The summed E-state index contributed by atoms with van der Waals surface area (Å²) < 4.78 is 29.1. The molecule has 0 bridgehead atoms. The molecule has 0 radical (unpaired) electrons. The Morgan fingerprint density at radius 2 is 1.81 bits per heavy atom. The first-order valence-electron chi connectivity index (χ1n) is 10.5. The fraction of sp³-hybridized carbons (Fsp3) is 0.292. The molecule has 4 N–H and O–H groups in total. The Morgan fingerprint density at radius 1 is 1.06 bits per heavy atom. The summed E-state index contributed by atoms with van der Waals surface area (Å²) in [6.45, 7) is 2.67. The molecule has 0 aliphatic carbocycles. The molecule has 0 aromatic heterocycles. The van der Waals surface area contributed by atoms with Crippen LogP contribution in [0.4, 0.5) is 0 Å². The smallest absolute Gasteiger partial charge is 0.241 e. The number of carbonyl (C=O) groups is 1. The van der Waals surface area contributed by atoms with Crippen molar-refractivity contribution in [2.75, 3.05) is 13.1 Å². The lowest BCUT2D eigenvalue weighted by Crippen LogP contribution is -2.47. The van der Waals surface area contributed by atoms with E-state index in [9.17, 15) is 13.2 Å². The van der Waals surface area contributed by atoms with Gasteiger partial charge in [-0.25, -0.2) is 8.42 Å². The average molecular weight is 474 g/mol. The second kappa shape index (κ2) is 10.9. The van der Waals surface area contributed by atoms with Crippen LogP contribution in [0.5, 0.6) is 0 Å². The Bertz CT molecular complexity index is 1200. The summed E-state index contributed by atoms with van der Waals surface area (Å²) in [5, 5.41) is 4.95. The molecule has 0 saturated carbocycles. The lowest BCUT2D eigenvalue weighted by Gasteiger charge is -2.19. The molecule has 170 valence electrons. The second-order valence-corrected chi connectivity index (χ2v) is 9.82. The molecule has 0 saturated heterocycles. The van der Waals surface area contributed by atoms with Crippen molar-refractivity contribution in [1.82, 2.24) is 10.0 Å². The van der Waals surface area contributed by atoms with Gasteiger partial charge in [0, 0.05) is 17.0 Å². The molecule has 1 amide bonds. The van der Waals surface area contributed by atoms with E-state index in [1.165, 1.54) is 0 Å². The standard InChI is InChI=1S/C24H28ClN3O3S/c1-17-11-12-23(21-9-3-2-8-20(17)21)32(30,31)28-22(10-5-14-26)24(29)27-15-13-18-6-4-7-19(25)16-18/h2-4,6-9,11-12,16,22,28H,5,10,13-15,26H2,1H3,(H,27,29)/t22-/m0/s1. The van der Waals surface area contributed by atoms with Gasteiger partial charge in [-0.2, -0.15) is 4.72 Å². The van der Waals surface area contributed by atoms with E-state index in [1.807, 2.05) is 37.3 Å². The Labute approximate surface area is 194 Å². The maximum Gasteiger partial charge on any atom is 0.241 e. The van der Waals surface area contributed by atoms with Crippen molar-refractivity contribution < 1.29 is 13.2 Å². The first kappa shape index (κ1) is 24.2. The molecule has 8 heteroatoms. The fourth-order valence-electron chi connectivity index (χ4n) is 3.62. The van der Waals surface area contributed by atoms with Crippen molar-refractivity contribution in [2.24, 2.45) is 5.73 Å². The number of nitrogens with two attached hydrogens (primary N) is 1. The van der Waals surface area contributed by atoms with E-state index in [4.69, 9.17) is 17.3 Å². The van der Waals surface area contributed by atoms with Gasteiger partial charge in [-0.05, 0) is 67.4 Å². The highest BCUT2D eigenvalue weighted by Crippen LogP contribution is 2.26. The molecule has 1 atom stereocenters. The average Bonchev–Trinajstić information content (AvgIpc) is 2.77. The number of hydrogen-bond donors (Lipinski definition) is 3. The van der Waals surface area contributed by atoms with E-state index in [0.717, 1.165) is 16.5 Å². The first-order valence-corrected chi connectivity index (χ1v) is 12.4. The van der Waals surface area contributed by atoms with Crippen LogP contribution in [0.3, 0.4) is 0 Å². The van der Waals surface area contributed by atoms with E-state index in [2.05, 4.69) is 10.0 Å². The molecular weight excluding hydrogens is 446 g/mol. The van der Waals surface area contributed by atoms with Crippen LogP contribution in [0.15, 0.2) is 65.6 Å². The number of aryl methyl sites for hydroxylation is 1. The third-order valence-corrected chi connectivity index (χ3v) is 7.07. The van der Waals surface area contributed by atoms with E-state index >= 15 is 0 Å². The van der Waals surface area contributed by atoms with E-state index < -0.39 is 16.1 Å². The molecular formula is C24H28ClN3O3S. The van der Waals surface area contributed by atoms with Gasteiger partial charge in [-0.3, -0.25) is 4.79 Å². The van der Waals surface area contributed by atoms with Crippen molar-refractivity contribution in [3.63, 3.8) is 0 Å². The third kappa shape index (κ3) is 6.07. The van der Waals surface area contributed by atoms with Gasteiger partial charge in [-0.1, -0.05) is 54.1 Å². The number of nitrogens with one attached hydrogen (secondary N) is 2. The second-order valence-electron chi connectivity index (χ2n) is 7.70. The van der Waals surface area contributed by atoms with Crippen molar-refractivity contribution in [2.45, 2.75) is 37.1 Å². The summed E-state index contributed by atoms with van der Waals surface area (Å²) in [7, 11) is -3.93. The molecule has 0 aliphatic heterocycles. The predicted octanol–water partition coefficient (Wildman–Crippen LogP) is 3.55. The highest BCUT2D eigenvalue weighted by molar-refractivity contribution is 7.89. The molecule has 3 aromatic rings. The Balaban J connectivity index is 1.75. The number of fused-ring (bicyclic) bond motifs is 1. The van der Waals surface area contributed by atoms with Crippen LogP contribution in [0.2, 0.25) is 5.02 Å². The zero-order valence-corrected chi connectivity index (χ0v) is 19.5. The van der Waals surface area contributed by atoms with Crippen LogP contribution in [-0.4, -0.2) is 33.5 Å². The van der Waals surface area contributed by atoms with Crippen LogP contribution in [0.1, 0.15) is 24.0 Å². The normalized spacial score (nSPS) is 12.6. The molecule has 3 aromatic carbocycles. The lowest BCUT2D eigenvalue weighted by atomic mass is 10.1. The summed E-state index contributed by atoms with van der Waals surface area (Å²) in [6, 6.07) is 17.2. The summed E-state index contributed by atoms with van der Waals surface area (Å²) in [4.78, 5) is 13.0. The minimum atomic E-state index is -3.93. The number of amides is 1. The van der Waals surface area contributed by atoms with Gasteiger partial charge in [0.15, 0.2) is 0 Å². The van der Waals surface area contributed by atoms with Crippen molar-refractivity contribution >= 4 is 38.3 Å². The van der Waals surface area contributed by atoms with Crippen molar-refractivity contribution in [3.8, 4) is 0 Å². The summed E-state index contributed by atoms with van der Waals surface area (Å²) >= 11 is 6.00. The maximum absolute atomic E-state index is 13.2.